The Kier molecular flexibility index (Phi) is 4.20. The van der Waals surface area contributed by atoms with Gasteiger partial charge in [0.1, 0.15) is 0 Å². The van der Waals surface area contributed by atoms with E-state index in [1.165, 1.54) is 5.56 Å². The van der Waals surface area contributed by atoms with Gasteiger partial charge in [0, 0.05) is 41.2 Å². The number of amides is 1. The van der Waals surface area contributed by atoms with Crippen molar-refractivity contribution in [3.8, 4) is 11.5 Å². The van der Waals surface area contributed by atoms with Gasteiger partial charge in [0.2, 0.25) is 6.79 Å². The first kappa shape index (κ1) is 16.6. The number of para-hydroxylation sites is 1. The van der Waals surface area contributed by atoms with Gasteiger partial charge in [-0.2, -0.15) is 11.8 Å². The zero-order chi connectivity index (χ0) is 18.2. The van der Waals surface area contributed by atoms with E-state index in [0.717, 1.165) is 53.2 Å². The highest BCUT2D eigenvalue weighted by molar-refractivity contribution is 7.99. The molecule has 0 aliphatic carbocycles. The molecule has 5 rings (SSSR count). The molecule has 5 nitrogen and oxygen atoms in total. The summed E-state index contributed by atoms with van der Waals surface area (Å²) in [6.45, 7) is 1.82. The predicted octanol–water partition coefficient (Wildman–Crippen LogP) is 4.22. The number of benzene rings is 2. The van der Waals surface area contributed by atoms with E-state index in [2.05, 4.69) is 17.1 Å². The highest BCUT2D eigenvalue weighted by atomic mass is 32.2. The zero-order valence-electron chi connectivity index (χ0n) is 14.8. The summed E-state index contributed by atoms with van der Waals surface area (Å²) >= 11 is 1.91. The molecule has 138 valence electrons. The minimum absolute atomic E-state index is 0.111. The molecule has 6 heteroatoms. The smallest absolute Gasteiger partial charge is 0.256 e. The molecule has 3 heterocycles. The summed E-state index contributed by atoms with van der Waals surface area (Å²) in [4.78, 5) is 18.3. The molecule has 2 aromatic carbocycles. The summed E-state index contributed by atoms with van der Waals surface area (Å²) in [7, 11) is 0. The number of hydrogen-bond acceptors (Lipinski definition) is 4. The maximum absolute atomic E-state index is 13.1. The Morgan fingerprint density at radius 2 is 2.00 bits per heavy atom. The number of H-pyrrole nitrogens is 1. The van der Waals surface area contributed by atoms with Crippen LogP contribution in [0, 0.1) is 0 Å². The van der Waals surface area contributed by atoms with Crippen LogP contribution in [0.2, 0.25) is 0 Å². The number of nitrogens with one attached hydrogen (secondary N) is 1. The first-order valence-electron chi connectivity index (χ1n) is 9.16. The van der Waals surface area contributed by atoms with Gasteiger partial charge < -0.3 is 19.4 Å². The third-order valence-electron chi connectivity index (χ3n) is 5.22. The first-order chi connectivity index (χ1) is 13.3. The zero-order valence-corrected chi connectivity index (χ0v) is 15.6. The number of thioether (sulfide) groups is 1. The fourth-order valence-electron chi connectivity index (χ4n) is 3.77. The number of carbonyl (C=O) groups is 1. The number of aromatic amines is 1. The second-order valence-electron chi connectivity index (χ2n) is 6.80. The molecule has 0 spiro atoms. The van der Waals surface area contributed by atoms with E-state index >= 15 is 0 Å². The largest absolute Gasteiger partial charge is 0.454 e. The van der Waals surface area contributed by atoms with Crippen molar-refractivity contribution in [3.63, 3.8) is 0 Å². The molecule has 0 radical (unpaired) electrons. The second-order valence-corrected chi connectivity index (χ2v) is 8.11. The van der Waals surface area contributed by atoms with Crippen LogP contribution in [-0.4, -0.2) is 41.4 Å². The molecule has 1 saturated heterocycles. The molecule has 0 bridgehead atoms. The van der Waals surface area contributed by atoms with E-state index in [9.17, 15) is 4.79 Å². The minimum Gasteiger partial charge on any atom is -0.454 e. The first-order valence-corrected chi connectivity index (χ1v) is 10.2. The van der Waals surface area contributed by atoms with Crippen molar-refractivity contribution in [1.82, 2.24) is 9.88 Å². The monoisotopic (exact) mass is 380 g/mol. The number of ether oxygens (including phenoxy) is 2. The topological polar surface area (TPSA) is 54.6 Å². The Bertz CT molecular complexity index is 1000. The van der Waals surface area contributed by atoms with Crippen molar-refractivity contribution in [3.05, 3.63) is 59.8 Å². The maximum atomic E-state index is 13.1. The molecule has 27 heavy (non-hydrogen) atoms. The Balaban J connectivity index is 1.33. The van der Waals surface area contributed by atoms with E-state index in [1.807, 2.05) is 53.2 Å². The molecule has 1 amide bonds. The van der Waals surface area contributed by atoms with Gasteiger partial charge in [-0.05, 0) is 30.2 Å². The summed E-state index contributed by atoms with van der Waals surface area (Å²) in [5, 5.41) is 1.35. The van der Waals surface area contributed by atoms with Crippen LogP contribution >= 0.6 is 11.8 Å². The highest BCUT2D eigenvalue weighted by Crippen LogP contribution is 2.40. The lowest BCUT2D eigenvalue weighted by molar-refractivity contribution is 0.0768. The van der Waals surface area contributed by atoms with Gasteiger partial charge in [-0.1, -0.05) is 24.3 Å². The Morgan fingerprint density at radius 1 is 1.11 bits per heavy atom. The van der Waals surface area contributed by atoms with Crippen molar-refractivity contribution in [1.29, 1.82) is 0 Å². The van der Waals surface area contributed by atoms with Crippen molar-refractivity contribution in [2.75, 3.05) is 25.6 Å². The van der Waals surface area contributed by atoms with Gasteiger partial charge in [0.15, 0.2) is 11.5 Å². The molecule has 3 aromatic rings. The highest BCUT2D eigenvalue weighted by Gasteiger charge is 2.25. The van der Waals surface area contributed by atoms with E-state index < -0.39 is 0 Å². The van der Waals surface area contributed by atoms with Crippen molar-refractivity contribution < 1.29 is 14.3 Å². The summed E-state index contributed by atoms with van der Waals surface area (Å²) < 4.78 is 10.9. The minimum atomic E-state index is 0.111. The van der Waals surface area contributed by atoms with Crippen LogP contribution in [-0.2, 0) is 0 Å². The van der Waals surface area contributed by atoms with Gasteiger partial charge in [0.05, 0.1) is 5.56 Å². The van der Waals surface area contributed by atoms with Crippen molar-refractivity contribution in [2.45, 2.75) is 11.7 Å². The number of nitrogens with zero attached hydrogens (tertiary/aromatic N) is 1. The predicted molar refractivity (Wildman–Crippen MR) is 107 cm³/mol. The molecule has 2 aliphatic heterocycles. The van der Waals surface area contributed by atoms with E-state index in [1.54, 1.807) is 0 Å². The molecule has 1 atom stereocenters. The number of aromatic nitrogens is 1. The van der Waals surface area contributed by atoms with Gasteiger partial charge in [-0.3, -0.25) is 4.79 Å². The van der Waals surface area contributed by atoms with E-state index in [-0.39, 0.29) is 5.91 Å². The number of rotatable bonds is 2. The van der Waals surface area contributed by atoms with Crippen LogP contribution < -0.4 is 9.47 Å². The molecule has 0 saturated carbocycles. The van der Waals surface area contributed by atoms with Crippen molar-refractivity contribution >= 4 is 28.6 Å². The molecule has 1 fully saturated rings. The Morgan fingerprint density at radius 3 is 2.96 bits per heavy atom. The molecular weight excluding hydrogens is 360 g/mol. The summed E-state index contributed by atoms with van der Waals surface area (Å²) in [5.41, 5.74) is 3.01. The number of carbonyl (C=O) groups excluding carboxylic acids is 1. The van der Waals surface area contributed by atoms with Gasteiger partial charge in [-0.15, -0.1) is 0 Å². The third kappa shape index (κ3) is 3.04. The lowest BCUT2D eigenvalue weighted by Crippen LogP contribution is -2.32. The average Bonchev–Trinajstić information content (AvgIpc) is 3.27. The van der Waals surface area contributed by atoms with Gasteiger partial charge in [0.25, 0.3) is 5.91 Å². The molecule has 1 unspecified atom stereocenters. The maximum Gasteiger partial charge on any atom is 0.256 e. The lowest BCUT2D eigenvalue weighted by atomic mass is 10.1. The third-order valence-corrected chi connectivity index (χ3v) is 6.55. The quantitative estimate of drug-likeness (QED) is 0.723. The summed E-state index contributed by atoms with van der Waals surface area (Å²) in [5.74, 6) is 2.67. The van der Waals surface area contributed by atoms with Crippen LogP contribution in [0.25, 0.3) is 10.9 Å². The fourth-order valence-corrected chi connectivity index (χ4v) is 4.99. The molecule has 1 aromatic heterocycles. The lowest BCUT2D eigenvalue weighted by Gasteiger charge is -2.20. The van der Waals surface area contributed by atoms with Crippen LogP contribution in [0.1, 0.15) is 27.6 Å². The Labute approximate surface area is 161 Å². The summed E-state index contributed by atoms with van der Waals surface area (Å²) in [6.07, 6.45) is 2.76. The Hall–Kier alpha value is -2.60. The van der Waals surface area contributed by atoms with Crippen LogP contribution in [0.15, 0.2) is 48.7 Å². The normalized spacial score (nSPS) is 19.3. The van der Waals surface area contributed by atoms with Crippen LogP contribution in [0.4, 0.5) is 0 Å². The average molecular weight is 380 g/mol. The number of hydrogen-bond donors (Lipinski definition) is 1. The van der Waals surface area contributed by atoms with E-state index in [0.29, 0.717) is 12.0 Å². The fraction of sp³-hybridized carbons (Fsp3) is 0.286. The molecule has 1 N–H and O–H groups in total. The van der Waals surface area contributed by atoms with Crippen LogP contribution in [0.5, 0.6) is 11.5 Å². The standard InChI is InChI=1S/C21H20N2O3S/c24-21(16-12-22-17-4-2-1-3-15(16)17)23-8-7-20(27-10-9-23)14-5-6-18-19(11-14)26-13-25-18/h1-6,11-12,20,22H,7-10,13H2. The molecule has 2 aliphatic rings. The van der Waals surface area contributed by atoms with E-state index in [4.69, 9.17) is 9.47 Å². The van der Waals surface area contributed by atoms with Crippen molar-refractivity contribution in [2.24, 2.45) is 0 Å². The molecular formula is C21H20N2O3S. The second kappa shape index (κ2) is 6.85. The summed E-state index contributed by atoms with van der Waals surface area (Å²) in [6, 6.07) is 14.1. The SMILES string of the molecule is O=C(c1c[nH]c2ccccc12)N1CCSC(c2ccc3c(c2)OCO3)CC1. The van der Waals surface area contributed by atoms with Crippen LogP contribution in [0.3, 0.4) is 0 Å². The van der Waals surface area contributed by atoms with Gasteiger partial charge >= 0.3 is 0 Å². The number of fused-ring (bicyclic) bond motifs is 2. The van der Waals surface area contributed by atoms with Gasteiger partial charge in [-0.25, -0.2) is 0 Å².